The summed E-state index contributed by atoms with van der Waals surface area (Å²) in [6, 6.07) is 18.8. The molecule has 0 saturated carbocycles. The molecule has 0 radical (unpaired) electrons. The van der Waals surface area contributed by atoms with Crippen LogP contribution in [0.1, 0.15) is 43.5 Å². The number of hydrogen-bond acceptors (Lipinski definition) is 5. The Labute approximate surface area is 205 Å². The van der Waals surface area contributed by atoms with E-state index in [2.05, 4.69) is 32.3 Å². The molecule has 1 aliphatic heterocycles. The van der Waals surface area contributed by atoms with Gasteiger partial charge in [0.1, 0.15) is 23.9 Å². The van der Waals surface area contributed by atoms with Crippen LogP contribution in [0.3, 0.4) is 0 Å². The summed E-state index contributed by atoms with van der Waals surface area (Å²) >= 11 is 0. The quantitative estimate of drug-likeness (QED) is 0.221. The third-order valence-electron chi connectivity index (χ3n) is 5.93. The SMILES string of the molecule is C=CCOc1ccc(/C(O)=C2\C(=O)C(=O)N(c3ccccn3)[C@H]2c2ccc(C(C)(C)C)cc2)cc1. The van der Waals surface area contributed by atoms with Crippen LogP contribution in [0, 0.1) is 0 Å². The molecule has 2 aromatic carbocycles. The normalized spacial score (nSPS) is 17.5. The van der Waals surface area contributed by atoms with Gasteiger partial charge in [0.25, 0.3) is 5.78 Å². The Hall–Kier alpha value is -4.19. The van der Waals surface area contributed by atoms with Crippen molar-refractivity contribution < 1.29 is 19.4 Å². The summed E-state index contributed by atoms with van der Waals surface area (Å²) in [5.74, 6) is -0.801. The number of carbonyl (C=O) groups is 2. The Kier molecular flexibility index (Phi) is 6.56. The lowest BCUT2D eigenvalue weighted by Gasteiger charge is -2.25. The molecule has 0 spiro atoms. The zero-order valence-electron chi connectivity index (χ0n) is 20.1. The number of Topliss-reactive ketones (excluding diaryl/α,β-unsaturated/α-hetero) is 1. The molecule has 1 fully saturated rings. The standard InChI is InChI=1S/C29H28N2O4/c1-5-18-35-22-15-11-20(12-16-22)26(32)24-25(19-9-13-21(14-10-19)29(2,3)4)31(28(34)27(24)33)23-8-6-7-17-30-23/h5-17,25,32H,1,18H2,2-4H3/b26-24+/t25-/m0/s1. The first-order valence-corrected chi connectivity index (χ1v) is 11.4. The van der Waals surface area contributed by atoms with Crippen LogP contribution >= 0.6 is 0 Å². The predicted molar refractivity (Wildman–Crippen MR) is 136 cm³/mol. The average Bonchev–Trinajstić information content (AvgIpc) is 3.13. The van der Waals surface area contributed by atoms with E-state index in [1.54, 1.807) is 54.7 Å². The Bertz CT molecular complexity index is 1270. The molecular formula is C29H28N2O4. The number of aromatic nitrogens is 1. The van der Waals surface area contributed by atoms with E-state index in [-0.39, 0.29) is 16.7 Å². The highest BCUT2D eigenvalue weighted by molar-refractivity contribution is 6.51. The van der Waals surface area contributed by atoms with Gasteiger partial charge in [-0.05, 0) is 52.9 Å². The van der Waals surface area contributed by atoms with Crippen molar-refractivity contribution in [2.45, 2.75) is 32.2 Å². The lowest BCUT2D eigenvalue weighted by molar-refractivity contribution is -0.132. The zero-order chi connectivity index (χ0) is 25.2. The molecule has 1 atom stereocenters. The van der Waals surface area contributed by atoms with Crippen molar-refractivity contribution in [2.75, 3.05) is 11.5 Å². The molecule has 0 bridgehead atoms. The summed E-state index contributed by atoms with van der Waals surface area (Å²) in [7, 11) is 0. The van der Waals surface area contributed by atoms with E-state index in [4.69, 9.17) is 4.74 Å². The van der Waals surface area contributed by atoms with Crippen molar-refractivity contribution in [3.8, 4) is 5.75 Å². The van der Waals surface area contributed by atoms with Crippen molar-refractivity contribution in [2.24, 2.45) is 0 Å². The number of carbonyl (C=O) groups excluding carboxylic acids is 2. The molecular weight excluding hydrogens is 440 g/mol. The van der Waals surface area contributed by atoms with E-state index in [0.717, 1.165) is 5.56 Å². The number of hydrogen-bond donors (Lipinski definition) is 1. The minimum absolute atomic E-state index is 0.0175. The largest absolute Gasteiger partial charge is 0.507 e. The highest BCUT2D eigenvalue weighted by Gasteiger charge is 2.47. The molecule has 3 aromatic rings. The molecule has 1 aromatic heterocycles. The highest BCUT2D eigenvalue weighted by atomic mass is 16.5. The van der Waals surface area contributed by atoms with Gasteiger partial charge in [0, 0.05) is 11.8 Å². The Morgan fingerprint density at radius 2 is 1.74 bits per heavy atom. The second-order valence-corrected chi connectivity index (χ2v) is 9.35. The first-order valence-electron chi connectivity index (χ1n) is 11.4. The van der Waals surface area contributed by atoms with Crippen LogP contribution in [0.15, 0.2) is 91.2 Å². The molecule has 1 saturated heterocycles. The number of aliphatic hydroxyl groups excluding tert-OH is 1. The summed E-state index contributed by atoms with van der Waals surface area (Å²) in [6.45, 7) is 10.3. The van der Waals surface area contributed by atoms with Gasteiger partial charge < -0.3 is 9.84 Å². The minimum Gasteiger partial charge on any atom is -0.507 e. The van der Waals surface area contributed by atoms with Crippen LogP contribution in [0.4, 0.5) is 5.82 Å². The van der Waals surface area contributed by atoms with Gasteiger partial charge in [-0.15, -0.1) is 0 Å². The number of ketones is 1. The number of ether oxygens (including phenoxy) is 1. The molecule has 35 heavy (non-hydrogen) atoms. The van der Waals surface area contributed by atoms with E-state index < -0.39 is 17.7 Å². The smallest absolute Gasteiger partial charge is 0.301 e. The van der Waals surface area contributed by atoms with Crippen LogP contribution in [-0.2, 0) is 15.0 Å². The molecule has 2 heterocycles. The van der Waals surface area contributed by atoms with Crippen LogP contribution in [0.5, 0.6) is 5.75 Å². The summed E-state index contributed by atoms with van der Waals surface area (Å²) in [5.41, 5.74) is 2.19. The number of nitrogens with zero attached hydrogens (tertiary/aromatic N) is 2. The van der Waals surface area contributed by atoms with Gasteiger partial charge in [-0.25, -0.2) is 4.98 Å². The third kappa shape index (κ3) is 4.73. The lowest BCUT2D eigenvalue weighted by atomic mass is 9.85. The molecule has 6 nitrogen and oxygen atoms in total. The minimum atomic E-state index is -0.824. The van der Waals surface area contributed by atoms with E-state index >= 15 is 0 Å². The van der Waals surface area contributed by atoms with Crippen molar-refractivity contribution in [1.29, 1.82) is 0 Å². The average molecular weight is 469 g/mol. The van der Waals surface area contributed by atoms with Crippen LogP contribution in [-0.4, -0.2) is 28.4 Å². The molecule has 4 rings (SSSR count). The number of pyridine rings is 1. The van der Waals surface area contributed by atoms with Crippen LogP contribution in [0.2, 0.25) is 0 Å². The topological polar surface area (TPSA) is 79.7 Å². The fourth-order valence-electron chi connectivity index (χ4n) is 4.07. The summed E-state index contributed by atoms with van der Waals surface area (Å²) in [4.78, 5) is 32.1. The number of amides is 1. The van der Waals surface area contributed by atoms with Gasteiger partial charge in [0.2, 0.25) is 0 Å². The van der Waals surface area contributed by atoms with Gasteiger partial charge in [-0.3, -0.25) is 14.5 Å². The fourth-order valence-corrected chi connectivity index (χ4v) is 4.07. The maximum atomic E-state index is 13.2. The van der Waals surface area contributed by atoms with Crippen molar-refractivity contribution in [3.05, 3.63) is 108 Å². The molecule has 1 amide bonds. The predicted octanol–water partition coefficient (Wildman–Crippen LogP) is 5.57. The Morgan fingerprint density at radius 3 is 2.31 bits per heavy atom. The van der Waals surface area contributed by atoms with Crippen LogP contribution in [0.25, 0.3) is 5.76 Å². The molecule has 1 N–H and O–H groups in total. The second-order valence-electron chi connectivity index (χ2n) is 9.35. The monoisotopic (exact) mass is 468 g/mol. The van der Waals surface area contributed by atoms with Gasteiger partial charge >= 0.3 is 5.91 Å². The molecule has 0 aliphatic carbocycles. The molecule has 178 valence electrons. The summed E-state index contributed by atoms with van der Waals surface area (Å²) in [6.07, 6.45) is 3.20. The van der Waals surface area contributed by atoms with Gasteiger partial charge in [0.05, 0.1) is 11.6 Å². The van der Waals surface area contributed by atoms with Gasteiger partial charge in [-0.1, -0.05) is 63.8 Å². The maximum Gasteiger partial charge on any atom is 0.301 e. The Balaban J connectivity index is 1.84. The Morgan fingerprint density at radius 1 is 1.06 bits per heavy atom. The first-order chi connectivity index (χ1) is 16.7. The summed E-state index contributed by atoms with van der Waals surface area (Å²) in [5, 5.41) is 11.3. The van der Waals surface area contributed by atoms with E-state index in [9.17, 15) is 14.7 Å². The van der Waals surface area contributed by atoms with E-state index in [1.165, 1.54) is 4.90 Å². The van der Waals surface area contributed by atoms with Crippen molar-refractivity contribution in [3.63, 3.8) is 0 Å². The van der Waals surface area contributed by atoms with Crippen LogP contribution < -0.4 is 9.64 Å². The number of aliphatic hydroxyl groups is 1. The van der Waals surface area contributed by atoms with Crippen molar-refractivity contribution >= 4 is 23.3 Å². The maximum absolute atomic E-state index is 13.2. The van der Waals surface area contributed by atoms with Gasteiger partial charge in [0.15, 0.2) is 0 Å². The first kappa shape index (κ1) is 24.0. The molecule has 6 heteroatoms. The zero-order valence-corrected chi connectivity index (χ0v) is 20.1. The second kappa shape index (κ2) is 9.58. The van der Waals surface area contributed by atoms with Gasteiger partial charge in [-0.2, -0.15) is 0 Å². The van der Waals surface area contributed by atoms with Crippen molar-refractivity contribution in [1.82, 2.24) is 4.98 Å². The summed E-state index contributed by atoms with van der Waals surface area (Å²) < 4.78 is 5.50. The fraction of sp³-hybridized carbons (Fsp3) is 0.207. The number of anilines is 1. The lowest BCUT2D eigenvalue weighted by Crippen LogP contribution is -2.30. The molecule has 1 aliphatic rings. The number of rotatable bonds is 6. The molecule has 0 unspecified atom stereocenters. The van der Waals surface area contributed by atoms with E-state index in [1.807, 2.05) is 24.3 Å². The third-order valence-corrected chi connectivity index (χ3v) is 5.93. The van der Waals surface area contributed by atoms with E-state index in [0.29, 0.717) is 29.3 Å². The number of benzene rings is 2. The highest BCUT2D eigenvalue weighted by Crippen LogP contribution is 2.42.